The molecule has 7 heteroatoms. The molecule has 3 aromatic rings. The van der Waals surface area contributed by atoms with Gasteiger partial charge in [-0.15, -0.1) is 0 Å². The van der Waals surface area contributed by atoms with E-state index >= 15 is 0 Å². The minimum atomic E-state index is -0.498. The monoisotopic (exact) mass is 364 g/mol. The van der Waals surface area contributed by atoms with Gasteiger partial charge in [-0.25, -0.2) is 18.8 Å². The van der Waals surface area contributed by atoms with Gasteiger partial charge in [0.2, 0.25) is 0 Å². The predicted octanol–water partition coefficient (Wildman–Crippen LogP) is 3.95. The van der Waals surface area contributed by atoms with Crippen LogP contribution in [0.25, 0.3) is 11.0 Å². The fourth-order valence-corrected chi connectivity index (χ4v) is 2.43. The maximum Gasteiger partial charge on any atom is 0.152 e. The summed E-state index contributed by atoms with van der Waals surface area (Å²) in [6.07, 6.45) is 2.83. The highest BCUT2D eigenvalue weighted by molar-refractivity contribution is 9.10. The Kier molecular flexibility index (Phi) is 3.66. The lowest BCUT2D eigenvalue weighted by atomic mass is 10.1. The number of nitrogens with two attached hydrogens (primary N) is 1. The van der Waals surface area contributed by atoms with Crippen molar-refractivity contribution in [1.82, 2.24) is 9.97 Å². The second kappa shape index (κ2) is 5.49. The number of amidine groups is 1. The summed E-state index contributed by atoms with van der Waals surface area (Å²) >= 11 is 3.08. The minimum Gasteiger partial charge on any atom is -0.383 e. The standard InChI is InChI=1S/C15H11BrF2N4/c1-7-2-3-10(17)8(4-7)14(19)22-11-6-21-15-12(11)13(18)9(16)5-20-15/h2-6H,1H3,(H2,19,22)(H,20,21). The van der Waals surface area contributed by atoms with Gasteiger partial charge >= 0.3 is 0 Å². The summed E-state index contributed by atoms with van der Waals surface area (Å²) in [7, 11) is 0. The number of fused-ring (bicyclic) bond motifs is 1. The third kappa shape index (κ3) is 2.48. The smallest absolute Gasteiger partial charge is 0.152 e. The van der Waals surface area contributed by atoms with Crippen molar-refractivity contribution in [2.75, 3.05) is 0 Å². The van der Waals surface area contributed by atoms with E-state index in [2.05, 4.69) is 30.9 Å². The van der Waals surface area contributed by atoms with Crippen LogP contribution >= 0.6 is 15.9 Å². The van der Waals surface area contributed by atoms with E-state index in [1.807, 2.05) is 6.92 Å². The lowest BCUT2D eigenvalue weighted by Gasteiger charge is -2.04. The molecule has 0 amide bonds. The summed E-state index contributed by atoms with van der Waals surface area (Å²) in [6, 6.07) is 4.55. The van der Waals surface area contributed by atoms with Crippen molar-refractivity contribution < 1.29 is 8.78 Å². The van der Waals surface area contributed by atoms with Gasteiger partial charge in [-0.05, 0) is 35.0 Å². The highest BCUT2D eigenvalue weighted by Gasteiger charge is 2.14. The largest absolute Gasteiger partial charge is 0.383 e. The van der Waals surface area contributed by atoms with Crippen molar-refractivity contribution in [2.45, 2.75) is 6.92 Å². The van der Waals surface area contributed by atoms with Gasteiger partial charge in [0.1, 0.15) is 17.3 Å². The van der Waals surface area contributed by atoms with Crippen LogP contribution in [0.2, 0.25) is 0 Å². The topological polar surface area (TPSA) is 67.1 Å². The van der Waals surface area contributed by atoms with Crippen molar-refractivity contribution in [3.05, 3.63) is 57.8 Å². The molecule has 0 radical (unpaired) electrons. The normalized spacial score (nSPS) is 12.1. The molecule has 3 N–H and O–H groups in total. The van der Waals surface area contributed by atoms with E-state index in [-0.39, 0.29) is 26.9 Å². The second-order valence-corrected chi connectivity index (χ2v) is 5.65. The Morgan fingerprint density at radius 2 is 2.14 bits per heavy atom. The number of aromatic amines is 1. The summed E-state index contributed by atoms with van der Waals surface area (Å²) in [5.41, 5.74) is 7.51. The summed E-state index contributed by atoms with van der Waals surface area (Å²) in [6.45, 7) is 1.82. The fourth-order valence-electron chi connectivity index (χ4n) is 2.13. The van der Waals surface area contributed by atoms with Crippen LogP contribution in [0.15, 0.2) is 40.1 Å². The molecule has 0 spiro atoms. The first kappa shape index (κ1) is 14.6. The zero-order valence-electron chi connectivity index (χ0n) is 11.5. The molecule has 0 aliphatic carbocycles. The van der Waals surface area contributed by atoms with Crippen molar-refractivity contribution >= 4 is 38.5 Å². The number of rotatable bonds is 2. The molecular weight excluding hydrogens is 354 g/mol. The van der Waals surface area contributed by atoms with Gasteiger partial charge < -0.3 is 10.7 Å². The van der Waals surface area contributed by atoms with Gasteiger partial charge in [0, 0.05) is 12.4 Å². The van der Waals surface area contributed by atoms with Crippen LogP contribution in [0.5, 0.6) is 0 Å². The number of aliphatic imine (C=N–C) groups is 1. The van der Waals surface area contributed by atoms with Crippen LogP contribution in [0.1, 0.15) is 11.1 Å². The van der Waals surface area contributed by atoms with E-state index in [0.29, 0.717) is 5.65 Å². The van der Waals surface area contributed by atoms with Crippen molar-refractivity contribution in [2.24, 2.45) is 10.7 Å². The fraction of sp³-hybridized carbons (Fsp3) is 0.0667. The molecule has 112 valence electrons. The second-order valence-electron chi connectivity index (χ2n) is 4.80. The minimum absolute atomic E-state index is 0.0264. The van der Waals surface area contributed by atoms with E-state index < -0.39 is 11.6 Å². The summed E-state index contributed by atoms with van der Waals surface area (Å²) in [5, 5.41) is 0.199. The Morgan fingerprint density at radius 1 is 1.36 bits per heavy atom. The maximum atomic E-state index is 14.2. The van der Waals surface area contributed by atoms with Gasteiger partial charge in [-0.1, -0.05) is 11.6 Å². The molecule has 0 aliphatic heterocycles. The number of nitrogens with zero attached hydrogens (tertiary/aromatic N) is 2. The number of H-pyrrole nitrogens is 1. The van der Waals surface area contributed by atoms with Crippen LogP contribution in [0, 0.1) is 18.6 Å². The third-order valence-electron chi connectivity index (χ3n) is 3.21. The summed E-state index contributed by atoms with van der Waals surface area (Å²) in [5.74, 6) is -1.00. The van der Waals surface area contributed by atoms with Crippen LogP contribution in [-0.4, -0.2) is 15.8 Å². The van der Waals surface area contributed by atoms with Gasteiger partial charge in [0.25, 0.3) is 0 Å². The molecule has 1 aromatic carbocycles. The summed E-state index contributed by atoms with van der Waals surface area (Å²) in [4.78, 5) is 11.0. The molecule has 2 heterocycles. The van der Waals surface area contributed by atoms with E-state index in [1.165, 1.54) is 18.5 Å². The molecule has 0 saturated carbocycles. The van der Waals surface area contributed by atoms with E-state index in [4.69, 9.17) is 5.73 Å². The highest BCUT2D eigenvalue weighted by Crippen LogP contribution is 2.31. The zero-order valence-corrected chi connectivity index (χ0v) is 13.1. The van der Waals surface area contributed by atoms with Crippen LogP contribution in [-0.2, 0) is 0 Å². The molecule has 0 unspecified atom stereocenters. The Bertz CT molecular complexity index is 902. The van der Waals surface area contributed by atoms with Crippen LogP contribution < -0.4 is 5.73 Å². The zero-order chi connectivity index (χ0) is 15.9. The van der Waals surface area contributed by atoms with Gasteiger partial charge in [0.05, 0.1) is 21.1 Å². The number of benzene rings is 1. The van der Waals surface area contributed by atoms with Crippen molar-refractivity contribution in [3.63, 3.8) is 0 Å². The quantitative estimate of drug-likeness (QED) is 0.534. The average Bonchev–Trinajstić information content (AvgIpc) is 2.89. The number of aromatic nitrogens is 2. The molecule has 22 heavy (non-hydrogen) atoms. The van der Waals surface area contributed by atoms with Crippen molar-refractivity contribution in [3.8, 4) is 0 Å². The molecule has 3 rings (SSSR count). The Labute approximate surface area is 133 Å². The Morgan fingerprint density at radius 3 is 2.91 bits per heavy atom. The van der Waals surface area contributed by atoms with Gasteiger partial charge in [-0.3, -0.25) is 0 Å². The average molecular weight is 365 g/mol. The first-order valence-corrected chi connectivity index (χ1v) is 7.18. The van der Waals surface area contributed by atoms with Crippen molar-refractivity contribution in [1.29, 1.82) is 0 Å². The van der Waals surface area contributed by atoms with Crippen LogP contribution in [0.3, 0.4) is 0 Å². The molecule has 0 aliphatic rings. The highest BCUT2D eigenvalue weighted by atomic mass is 79.9. The number of pyridine rings is 1. The van der Waals surface area contributed by atoms with E-state index in [9.17, 15) is 8.78 Å². The molecule has 0 bridgehead atoms. The number of nitrogens with one attached hydrogen (secondary N) is 1. The molecule has 0 fully saturated rings. The Balaban J connectivity index is 2.16. The first-order chi connectivity index (χ1) is 10.5. The number of aryl methyl sites for hydroxylation is 1. The number of halogens is 3. The van der Waals surface area contributed by atoms with Gasteiger partial charge in [0.15, 0.2) is 5.82 Å². The molecule has 0 saturated heterocycles. The molecule has 2 aromatic heterocycles. The Hall–Kier alpha value is -2.28. The summed E-state index contributed by atoms with van der Waals surface area (Å²) < 4.78 is 28.3. The maximum absolute atomic E-state index is 14.2. The number of hydrogen-bond donors (Lipinski definition) is 2. The van der Waals surface area contributed by atoms with Crippen LogP contribution in [0.4, 0.5) is 14.5 Å². The lowest BCUT2D eigenvalue weighted by molar-refractivity contribution is 0.624. The SMILES string of the molecule is Cc1ccc(F)c(C(N)=Nc2c[nH]c3ncc(Br)c(F)c23)c1. The first-order valence-electron chi connectivity index (χ1n) is 6.39. The molecular formula is C15H11BrF2N4. The van der Waals surface area contributed by atoms with E-state index in [0.717, 1.165) is 5.56 Å². The lowest BCUT2D eigenvalue weighted by Crippen LogP contribution is -2.15. The number of hydrogen-bond acceptors (Lipinski definition) is 2. The van der Waals surface area contributed by atoms with Gasteiger partial charge in [-0.2, -0.15) is 0 Å². The molecule has 4 nitrogen and oxygen atoms in total. The predicted molar refractivity (Wildman–Crippen MR) is 85.3 cm³/mol. The molecule has 0 atom stereocenters. The van der Waals surface area contributed by atoms with E-state index in [1.54, 1.807) is 12.1 Å². The third-order valence-corrected chi connectivity index (χ3v) is 3.77.